The zero-order valence-corrected chi connectivity index (χ0v) is 15.1. The Labute approximate surface area is 149 Å². The molecule has 0 aromatic heterocycles. The molecule has 0 atom stereocenters. The van der Waals surface area contributed by atoms with Crippen LogP contribution in [-0.2, 0) is 10.0 Å². The third kappa shape index (κ3) is 3.98. The van der Waals surface area contributed by atoms with Crippen molar-refractivity contribution in [2.24, 2.45) is 5.73 Å². The van der Waals surface area contributed by atoms with Crippen molar-refractivity contribution in [3.63, 3.8) is 0 Å². The Kier molecular flexibility index (Phi) is 6.04. The van der Waals surface area contributed by atoms with Crippen LogP contribution < -0.4 is 10.5 Å². The van der Waals surface area contributed by atoms with Gasteiger partial charge >= 0.3 is 0 Å². The molecule has 0 heterocycles. The summed E-state index contributed by atoms with van der Waals surface area (Å²) in [6.07, 6.45) is 3.66. The largest absolute Gasteiger partial charge is 0.329 e. The van der Waals surface area contributed by atoms with E-state index in [0.717, 1.165) is 36.8 Å². The van der Waals surface area contributed by atoms with Crippen LogP contribution in [0.5, 0.6) is 0 Å². The van der Waals surface area contributed by atoms with E-state index >= 15 is 0 Å². The molecule has 1 fully saturated rings. The van der Waals surface area contributed by atoms with E-state index in [1.807, 2.05) is 42.5 Å². The van der Waals surface area contributed by atoms with E-state index in [0.29, 0.717) is 6.54 Å². The lowest BCUT2D eigenvalue weighted by atomic mass is 10.0. The van der Waals surface area contributed by atoms with Crippen LogP contribution in [0.25, 0.3) is 11.1 Å². The molecule has 0 amide bonds. The minimum Gasteiger partial charge on any atom is -0.329 e. The lowest BCUT2D eigenvalue weighted by molar-refractivity contribution is 0.399. The van der Waals surface area contributed by atoms with Crippen molar-refractivity contribution in [1.82, 2.24) is 4.72 Å². The number of hydrogen-bond donors (Lipinski definition) is 2. The highest BCUT2D eigenvalue weighted by Crippen LogP contribution is 2.30. The van der Waals surface area contributed by atoms with Crippen molar-refractivity contribution in [3.8, 4) is 11.1 Å². The van der Waals surface area contributed by atoms with Crippen molar-refractivity contribution in [1.29, 1.82) is 0 Å². The second-order valence-electron chi connectivity index (χ2n) is 6.19. The zero-order chi connectivity index (χ0) is 16.3. The molecule has 3 rings (SSSR count). The molecule has 1 aliphatic rings. The van der Waals surface area contributed by atoms with Crippen molar-refractivity contribution in [2.45, 2.75) is 36.1 Å². The Balaban J connectivity index is 0.00000208. The van der Waals surface area contributed by atoms with E-state index in [-0.39, 0.29) is 17.3 Å². The predicted octanol–water partition coefficient (Wildman–Crippen LogP) is 3.33. The quantitative estimate of drug-likeness (QED) is 0.852. The standard InChI is InChI=1S/C18H22N2O2S.ClH/c19-14-18(12-4-5-13-18)20-23(21,22)17-10-8-16(9-11-17)15-6-2-1-3-7-15;/h1-3,6-11,20H,4-5,12-14,19H2;1H. The van der Waals surface area contributed by atoms with Gasteiger partial charge in [0.05, 0.1) is 4.90 Å². The summed E-state index contributed by atoms with van der Waals surface area (Å²) in [5.41, 5.74) is 7.42. The lowest BCUT2D eigenvalue weighted by Gasteiger charge is -2.28. The second-order valence-corrected chi connectivity index (χ2v) is 7.87. The SMILES string of the molecule is Cl.NCC1(NS(=O)(=O)c2ccc(-c3ccccc3)cc2)CCCC1. The normalized spacial score (nSPS) is 16.5. The topological polar surface area (TPSA) is 72.2 Å². The monoisotopic (exact) mass is 366 g/mol. The first-order valence-corrected chi connectivity index (χ1v) is 9.43. The van der Waals surface area contributed by atoms with Gasteiger partial charge in [-0.2, -0.15) is 0 Å². The van der Waals surface area contributed by atoms with Crippen LogP contribution in [0.1, 0.15) is 25.7 Å². The van der Waals surface area contributed by atoms with Gasteiger partial charge in [-0.1, -0.05) is 55.3 Å². The minimum absolute atomic E-state index is 0. The lowest BCUT2D eigenvalue weighted by Crippen LogP contribution is -2.51. The summed E-state index contributed by atoms with van der Waals surface area (Å²) in [6, 6.07) is 16.9. The van der Waals surface area contributed by atoms with E-state index in [4.69, 9.17) is 5.73 Å². The fourth-order valence-electron chi connectivity index (χ4n) is 3.20. The molecule has 0 aliphatic heterocycles. The van der Waals surface area contributed by atoms with Crippen LogP contribution in [0, 0.1) is 0 Å². The number of sulfonamides is 1. The molecular weight excluding hydrogens is 344 g/mol. The summed E-state index contributed by atoms with van der Waals surface area (Å²) in [5, 5.41) is 0. The smallest absolute Gasteiger partial charge is 0.241 e. The Morgan fingerprint density at radius 3 is 2.00 bits per heavy atom. The van der Waals surface area contributed by atoms with Crippen LogP contribution in [0.4, 0.5) is 0 Å². The molecule has 3 N–H and O–H groups in total. The first kappa shape index (κ1) is 18.9. The number of halogens is 1. The second kappa shape index (κ2) is 7.66. The minimum atomic E-state index is -3.54. The van der Waals surface area contributed by atoms with E-state index in [2.05, 4.69) is 4.72 Å². The molecule has 24 heavy (non-hydrogen) atoms. The summed E-state index contributed by atoms with van der Waals surface area (Å²) < 4.78 is 28.1. The van der Waals surface area contributed by atoms with Crippen LogP contribution >= 0.6 is 12.4 Å². The Morgan fingerprint density at radius 1 is 0.917 bits per heavy atom. The third-order valence-electron chi connectivity index (χ3n) is 4.57. The molecule has 2 aromatic rings. The van der Waals surface area contributed by atoms with Gasteiger partial charge in [-0.05, 0) is 36.1 Å². The maximum Gasteiger partial charge on any atom is 0.241 e. The van der Waals surface area contributed by atoms with Gasteiger partial charge < -0.3 is 5.73 Å². The summed E-state index contributed by atoms with van der Waals surface area (Å²) in [4.78, 5) is 0.289. The number of nitrogens with two attached hydrogens (primary N) is 1. The molecule has 1 saturated carbocycles. The highest BCUT2D eigenvalue weighted by atomic mass is 35.5. The number of hydrogen-bond acceptors (Lipinski definition) is 3. The van der Waals surface area contributed by atoms with Gasteiger partial charge in [0, 0.05) is 12.1 Å². The number of benzene rings is 2. The van der Waals surface area contributed by atoms with Crippen molar-refractivity contribution >= 4 is 22.4 Å². The van der Waals surface area contributed by atoms with Gasteiger partial charge in [0.2, 0.25) is 10.0 Å². The summed E-state index contributed by atoms with van der Waals surface area (Å²) in [5.74, 6) is 0. The summed E-state index contributed by atoms with van der Waals surface area (Å²) in [6.45, 7) is 0.342. The Bertz CT molecular complexity index is 755. The van der Waals surface area contributed by atoms with E-state index < -0.39 is 15.6 Å². The molecule has 130 valence electrons. The van der Waals surface area contributed by atoms with Gasteiger partial charge in [0.25, 0.3) is 0 Å². The number of rotatable bonds is 5. The van der Waals surface area contributed by atoms with Crippen molar-refractivity contribution in [3.05, 3.63) is 54.6 Å². The van der Waals surface area contributed by atoms with E-state index in [9.17, 15) is 8.42 Å². The zero-order valence-electron chi connectivity index (χ0n) is 13.4. The molecule has 0 bridgehead atoms. The van der Waals surface area contributed by atoms with E-state index in [1.165, 1.54) is 0 Å². The molecule has 4 nitrogen and oxygen atoms in total. The predicted molar refractivity (Wildman–Crippen MR) is 99.7 cm³/mol. The van der Waals surface area contributed by atoms with Crippen LogP contribution in [0.15, 0.2) is 59.5 Å². The number of nitrogens with one attached hydrogen (secondary N) is 1. The molecule has 0 spiro atoms. The van der Waals surface area contributed by atoms with E-state index in [1.54, 1.807) is 12.1 Å². The summed E-state index contributed by atoms with van der Waals surface area (Å²) >= 11 is 0. The van der Waals surface area contributed by atoms with Crippen molar-refractivity contribution < 1.29 is 8.42 Å². The maximum atomic E-state index is 12.6. The van der Waals surface area contributed by atoms with Crippen molar-refractivity contribution in [2.75, 3.05) is 6.54 Å². The molecule has 1 aliphatic carbocycles. The van der Waals surface area contributed by atoms with Gasteiger partial charge in [-0.15, -0.1) is 12.4 Å². The van der Waals surface area contributed by atoms with Gasteiger partial charge in [0.15, 0.2) is 0 Å². The van der Waals surface area contributed by atoms with Crippen LogP contribution in [0.2, 0.25) is 0 Å². The first-order valence-electron chi connectivity index (χ1n) is 7.94. The molecule has 0 unspecified atom stereocenters. The average molecular weight is 367 g/mol. The fourth-order valence-corrected chi connectivity index (χ4v) is 4.67. The third-order valence-corrected chi connectivity index (χ3v) is 6.17. The maximum absolute atomic E-state index is 12.6. The molecule has 2 aromatic carbocycles. The van der Waals surface area contributed by atoms with Gasteiger partial charge in [0.1, 0.15) is 0 Å². The highest BCUT2D eigenvalue weighted by molar-refractivity contribution is 7.89. The molecular formula is C18H23ClN2O2S. The Hall–Kier alpha value is -1.40. The van der Waals surface area contributed by atoms with Gasteiger partial charge in [-0.3, -0.25) is 0 Å². The average Bonchev–Trinajstić information content (AvgIpc) is 3.04. The first-order chi connectivity index (χ1) is 11.0. The van der Waals surface area contributed by atoms with Crippen LogP contribution in [0.3, 0.4) is 0 Å². The Morgan fingerprint density at radius 2 is 1.46 bits per heavy atom. The molecule has 0 saturated heterocycles. The fraction of sp³-hybridized carbons (Fsp3) is 0.333. The summed E-state index contributed by atoms with van der Waals surface area (Å²) in [7, 11) is -3.54. The molecule has 6 heteroatoms. The highest BCUT2D eigenvalue weighted by Gasteiger charge is 2.36. The van der Waals surface area contributed by atoms with Gasteiger partial charge in [-0.25, -0.2) is 13.1 Å². The van der Waals surface area contributed by atoms with Crippen LogP contribution in [-0.4, -0.2) is 20.5 Å². The molecule has 0 radical (unpaired) electrons.